The van der Waals surface area contributed by atoms with Crippen LogP contribution in [0.5, 0.6) is 0 Å². The van der Waals surface area contributed by atoms with E-state index in [9.17, 15) is 4.39 Å². The predicted octanol–water partition coefficient (Wildman–Crippen LogP) is 4.08. The largest absolute Gasteiger partial charge is 0.377 e. The Morgan fingerprint density at radius 3 is 3.14 bits per heavy atom. The minimum absolute atomic E-state index is 0.270. The summed E-state index contributed by atoms with van der Waals surface area (Å²) in [5, 5.41) is 12.0. The Labute approximate surface area is 131 Å². The normalized spacial score (nSPS) is 18.6. The zero-order valence-corrected chi connectivity index (χ0v) is 13.1. The molecule has 4 nitrogen and oxygen atoms in total. The third-order valence-electron chi connectivity index (χ3n) is 3.15. The highest BCUT2D eigenvalue weighted by atomic mass is 32.2. The van der Waals surface area contributed by atoms with Gasteiger partial charge in [0.2, 0.25) is 5.13 Å². The topological polar surface area (TPSA) is 47.0 Å². The molecule has 1 aliphatic rings. The molecule has 21 heavy (non-hydrogen) atoms. The highest BCUT2D eigenvalue weighted by Gasteiger charge is 2.15. The number of halogens is 1. The van der Waals surface area contributed by atoms with Gasteiger partial charge >= 0.3 is 0 Å². The lowest BCUT2D eigenvalue weighted by Gasteiger charge is -2.21. The van der Waals surface area contributed by atoms with Crippen molar-refractivity contribution in [2.45, 2.75) is 29.7 Å². The van der Waals surface area contributed by atoms with E-state index in [1.54, 1.807) is 23.9 Å². The van der Waals surface area contributed by atoms with E-state index in [-0.39, 0.29) is 5.82 Å². The van der Waals surface area contributed by atoms with E-state index in [4.69, 9.17) is 4.74 Å². The summed E-state index contributed by atoms with van der Waals surface area (Å²) in [6.45, 7) is 0.869. The summed E-state index contributed by atoms with van der Waals surface area (Å²) in [5.41, 5.74) is 0.679. The fourth-order valence-corrected chi connectivity index (χ4v) is 3.98. The number of benzene rings is 1. The molecule has 1 saturated heterocycles. The van der Waals surface area contributed by atoms with E-state index in [1.807, 2.05) is 0 Å². The van der Waals surface area contributed by atoms with Crippen LogP contribution in [0.1, 0.15) is 19.3 Å². The van der Waals surface area contributed by atoms with Gasteiger partial charge in [0, 0.05) is 18.0 Å². The maximum Gasteiger partial charge on any atom is 0.210 e. The van der Waals surface area contributed by atoms with E-state index >= 15 is 0 Å². The zero-order chi connectivity index (χ0) is 14.5. The molecular weight excluding hydrogens is 309 g/mol. The number of hydrogen-bond acceptors (Lipinski definition) is 6. The summed E-state index contributed by atoms with van der Waals surface area (Å²) in [6, 6.07) is 6.31. The minimum atomic E-state index is -0.270. The van der Waals surface area contributed by atoms with Crippen LogP contribution in [0.25, 0.3) is 0 Å². The van der Waals surface area contributed by atoms with E-state index in [1.165, 1.54) is 36.3 Å². The number of thioether (sulfide) groups is 1. The second-order valence-electron chi connectivity index (χ2n) is 4.81. The molecule has 2 heterocycles. The third-order valence-corrected chi connectivity index (χ3v) is 5.25. The van der Waals surface area contributed by atoms with Crippen LogP contribution in [-0.2, 0) is 4.74 Å². The van der Waals surface area contributed by atoms with Crippen molar-refractivity contribution in [1.29, 1.82) is 0 Å². The summed E-state index contributed by atoms with van der Waals surface area (Å²) in [7, 11) is 0. The van der Waals surface area contributed by atoms with E-state index in [0.717, 1.165) is 23.1 Å². The van der Waals surface area contributed by atoms with Gasteiger partial charge in [0.15, 0.2) is 4.34 Å². The van der Waals surface area contributed by atoms with Crippen LogP contribution in [0.15, 0.2) is 28.6 Å². The predicted molar refractivity (Wildman–Crippen MR) is 83.9 cm³/mol. The first-order chi connectivity index (χ1) is 10.3. The summed E-state index contributed by atoms with van der Waals surface area (Å²) < 4.78 is 19.7. The Kier molecular flexibility index (Phi) is 5.05. The Balaban J connectivity index is 1.53. The molecule has 1 aromatic carbocycles. The monoisotopic (exact) mass is 325 g/mol. The van der Waals surface area contributed by atoms with Crippen molar-refractivity contribution in [1.82, 2.24) is 10.2 Å². The van der Waals surface area contributed by atoms with Gasteiger partial charge in [0.1, 0.15) is 5.82 Å². The number of aromatic nitrogens is 2. The molecule has 2 aromatic rings. The molecule has 0 unspecified atom stereocenters. The molecule has 0 saturated carbocycles. The van der Waals surface area contributed by atoms with Crippen molar-refractivity contribution in [2.24, 2.45) is 0 Å². The standard InChI is InChI=1S/C14H16FN3OS2/c15-10-4-3-5-11(8-10)16-13-17-18-14(21-13)20-9-12-6-1-2-7-19-12/h3-5,8,12H,1-2,6-7,9H2,(H,16,17)/t12-/m1/s1. The average Bonchev–Trinajstić information content (AvgIpc) is 2.94. The maximum atomic E-state index is 13.1. The average molecular weight is 325 g/mol. The van der Waals surface area contributed by atoms with Gasteiger partial charge in [-0.3, -0.25) is 0 Å². The molecule has 0 radical (unpaired) electrons. The van der Waals surface area contributed by atoms with Gasteiger partial charge in [0.25, 0.3) is 0 Å². The molecule has 3 rings (SSSR count). The zero-order valence-electron chi connectivity index (χ0n) is 11.4. The van der Waals surface area contributed by atoms with Gasteiger partial charge in [-0.1, -0.05) is 29.2 Å². The van der Waals surface area contributed by atoms with E-state index < -0.39 is 0 Å². The van der Waals surface area contributed by atoms with Gasteiger partial charge in [-0.15, -0.1) is 10.2 Å². The van der Waals surface area contributed by atoms with E-state index in [0.29, 0.717) is 16.9 Å². The van der Waals surface area contributed by atoms with Crippen LogP contribution in [0, 0.1) is 5.82 Å². The molecule has 1 N–H and O–H groups in total. The van der Waals surface area contributed by atoms with E-state index in [2.05, 4.69) is 15.5 Å². The quantitative estimate of drug-likeness (QED) is 0.839. The van der Waals surface area contributed by atoms with Crippen LogP contribution in [0.2, 0.25) is 0 Å². The SMILES string of the molecule is Fc1cccc(Nc2nnc(SC[C@H]3CCCCO3)s2)c1. The molecule has 112 valence electrons. The molecule has 0 amide bonds. The lowest BCUT2D eigenvalue weighted by molar-refractivity contribution is 0.0315. The Bertz CT molecular complexity index is 587. The molecule has 0 aliphatic carbocycles. The van der Waals surface area contributed by atoms with Crippen molar-refractivity contribution >= 4 is 33.9 Å². The minimum Gasteiger partial charge on any atom is -0.377 e. The number of ether oxygens (including phenoxy) is 1. The van der Waals surface area contributed by atoms with Crippen molar-refractivity contribution < 1.29 is 9.13 Å². The second kappa shape index (κ2) is 7.20. The lowest BCUT2D eigenvalue weighted by Crippen LogP contribution is -2.21. The number of rotatable bonds is 5. The van der Waals surface area contributed by atoms with Crippen LogP contribution in [0.3, 0.4) is 0 Å². The number of hydrogen-bond donors (Lipinski definition) is 1. The number of nitrogens with one attached hydrogen (secondary N) is 1. The molecular formula is C14H16FN3OS2. The van der Waals surface area contributed by atoms with Crippen molar-refractivity contribution in [3.63, 3.8) is 0 Å². The summed E-state index contributed by atoms with van der Waals surface area (Å²) >= 11 is 3.14. The van der Waals surface area contributed by atoms with Crippen molar-refractivity contribution in [2.75, 3.05) is 17.7 Å². The van der Waals surface area contributed by atoms with Crippen molar-refractivity contribution in [3.8, 4) is 0 Å². The second-order valence-corrected chi connectivity index (χ2v) is 7.05. The molecule has 7 heteroatoms. The Morgan fingerprint density at radius 1 is 1.38 bits per heavy atom. The first-order valence-electron chi connectivity index (χ1n) is 6.90. The molecule has 1 aromatic heterocycles. The Morgan fingerprint density at radius 2 is 2.33 bits per heavy atom. The van der Waals surface area contributed by atoms with Crippen LogP contribution >= 0.6 is 23.1 Å². The summed E-state index contributed by atoms with van der Waals surface area (Å²) in [6.07, 6.45) is 3.86. The summed E-state index contributed by atoms with van der Waals surface area (Å²) in [5.74, 6) is 0.641. The van der Waals surface area contributed by atoms with Gasteiger partial charge in [0.05, 0.1) is 6.10 Å². The molecule has 1 atom stereocenters. The molecule has 1 aliphatic heterocycles. The van der Waals surface area contributed by atoms with Crippen LogP contribution < -0.4 is 5.32 Å². The molecule has 0 bridgehead atoms. The fourth-order valence-electron chi connectivity index (χ4n) is 2.11. The van der Waals surface area contributed by atoms with Gasteiger partial charge in [-0.25, -0.2) is 4.39 Å². The molecule has 0 spiro atoms. The van der Waals surface area contributed by atoms with Gasteiger partial charge in [-0.05, 0) is 37.5 Å². The lowest BCUT2D eigenvalue weighted by atomic mass is 10.1. The van der Waals surface area contributed by atoms with Crippen LogP contribution in [-0.4, -0.2) is 28.7 Å². The highest BCUT2D eigenvalue weighted by Crippen LogP contribution is 2.29. The highest BCUT2D eigenvalue weighted by molar-refractivity contribution is 8.01. The third kappa shape index (κ3) is 4.39. The van der Waals surface area contributed by atoms with Crippen LogP contribution in [0.4, 0.5) is 15.2 Å². The maximum absolute atomic E-state index is 13.1. The Hall–Kier alpha value is -1.18. The number of nitrogens with zero attached hydrogens (tertiary/aromatic N) is 2. The smallest absolute Gasteiger partial charge is 0.210 e. The van der Waals surface area contributed by atoms with Crippen molar-refractivity contribution in [3.05, 3.63) is 30.1 Å². The number of anilines is 2. The first kappa shape index (κ1) is 14.7. The van der Waals surface area contributed by atoms with Gasteiger partial charge < -0.3 is 10.1 Å². The fraction of sp³-hybridized carbons (Fsp3) is 0.429. The molecule has 1 fully saturated rings. The van der Waals surface area contributed by atoms with Gasteiger partial charge in [-0.2, -0.15) is 0 Å². The first-order valence-corrected chi connectivity index (χ1v) is 8.70. The summed E-state index contributed by atoms with van der Waals surface area (Å²) in [4.78, 5) is 0.